The number of hydrogen-bond donors (Lipinski definition) is 0. The van der Waals surface area contributed by atoms with Crippen molar-refractivity contribution < 1.29 is 0 Å². The standard InChI is InChI=1S/C20H24N6.C2H6/c1-19(2,3)20(4,5)12-14-9-10-16(22-13-14)18-25-23-17(24-26-18)15-8-6-7-11-21-15;1-2/h6-11,13H,12H2,1-5H3;1-2H3. The summed E-state index contributed by atoms with van der Waals surface area (Å²) in [5.74, 6) is 0.809. The summed E-state index contributed by atoms with van der Waals surface area (Å²) in [4.78, 5) is 8.69. The monoisotopic (exact) mass is 378 g/mol. The third-order valence-electron chi connectivity index (χ3n) is 5.10. The molecule has 0 N–H and O–H groups in total. The molecule has 0 saturated carbocycles. The van der Waals surface area contributed by atoms with Gasteiger partial charge in [0.25, 0.3) is 0 Å². The molecule has 0 aliphatic rings. The SMILES string of the molecule is CC.CC(C)(C)C(C)(C)Cc1ccc(-c2nnc(-c3ccccn3)nn2)nc1. The van der Waals surface area contributed by atoms with Gasteiger partial charge in [-0.3, -0.25) is 9.97 Å². The summed E-state index contributed by atoms with van der Waals surface area (Å²) >= 11 is 0. The Bertz CT molecular complexity index is 850. The van der Waals surface area contributed by atoms with Gasteiger partial charge in [0.15, 0.2) is 0 Å². The van der Waals surface area contributed by atoms with Crippen molar-refractivity contribution in [1.29, 1.82) is 0 Å². The largest absolute Gasteiger partial charge is 0.253 e. The highest BCUT2D eigenvalue weighted by molar-refractivity contribution is 5.50. The van der Waals surface area contributed by atoms with Gasteiger partial charge in [0.05, 0.1) is 0 Å². The van der Waals surface area contributed by atoms with E-state index in [0.29, 0.717) is 23.0 Å². The van der Waals surface area contributed by atoms with Gasteiger partial charge in [0.1, 0.15) is 11.4 Å². The van der Waals surface area contributed by atoms with Crippen LogP contribution in [0.5, 0.6) is 0 Å². The number of nitrogens with zero attached hydrogens (tertiary/aromatic N) is 6. The predicted octanol–water partition coefficient (Wildman–Crippen LogP) is 5.03. The van der Waals surface area contributed by atoms with Gasteiger partial charge in [-0.25, -0.2) is 0 Å². The third kappa shape index (κ3) is 5.15. The fraction of sp³-hybridized carbons (Fsp3) is 0.455. The highest BCUT2D eigenvalue weighted by Gasteiger charge is 2.32. The van der Waals surface area contributed by atoms with Gasteiger partial charge in [0.2, 0.25) is 11.6 Å². The lowest BCUT2D eigenvalue weighted by molar-refractivity contribution is 0.132. The van der Waals surface area contributed by atoms with Crippen molar-refractivity contribution in [3.8, 4) is 23.0 Å². The maximum absolute atomic E-state index is 4.50. The van der Waals surface area contributed by atoms with Gasteiger partial charge in [-0.2, -0.15) is 0 Å². The Morgan fingerprint density at radius 2 is 1.29 bits per heavy atom. The lowest BCUT2D eigenvalue weighted by Crippen LogP contribution is -2.31. The van der Waals surface area contributed by atoms with Crippen LogP contribution in [0.4, 0.5) is 0 Å². The molecule has 0 aromatic carbocycles. The highest BCUT2D eigenvalue weighted by atomic mass is 15.3. The second-order valence-electron chi connectivity index (χ2n) is 8.12. The molecule has 28 heavy (non-hydrogen) atoms. The third-order valence-corrected chi connectivity index (χ3v) is 5.10. The zero-order valence-corrected chi connectivity index (χ0v) is 17.9. The zero-order chi connectivity index (χ0) is 20.8. The van der Waals surface area contributed by atoms with Crippen LogP contribution in [-0.4, -0.2) is 30.4 Å². The maximum Gasteiger partial charge on any atom is 0.221 e. The van der Waals surface area contributed by atoms with Crippen molar-refractivity contribution in [2.75, 3.05) is 0 Å². The lowest BCUT2D eigenvalue weighted by Gasteiger charge is -2.39. The molecular formula is C22H30N6. The van der Waals surface area contributed by atoms with Crippen LogP contribution < -0.4 is 0 Å². The molecule has 6 nitrogen and oxygen atoms in total. The van der Waals surface area contributed by atoms with Crippen LogP contribution in [0.15, 0.2) is 42.7 Å². The molecule has 0 unspecified atom stereocenters. The molecule has 3 rings (SSSR count). The Morgan fingerprint density at radius 1 is 0.714 bits per heavy atom. The van der Waals surface area contributed by atoms with Crippen LogP contribution in [0.2, 0.25) is 0 Å². The smallest absolute Gasteiger partial charge is 0.221 e. The maximum atomic E-state index is 4.50. The molecule has 3 aromatic rings. The summed E-state index contributed by atoms with van der Waals surface area (Å²) in [6.45, 7) is 15.4. The van der Waals surface area contributed by atoms with Gasteiger partial charge in [0, 0.05) is 12.4 Å². The van der Waals surface area contributed by atoms with Crippen LogP contribution in [0.3, 0.4) is 0 Å². The van der Waals surface area contributed by atoms with E-state index >= 15 is 0 Å². The van der Waals surface area contributed by atoms with Crippen molar-refractivity contribution >= 4 is 0 Å². The number of hydrogen-bond acceptors (Lipinski definition) is 6. The van der Waals surface area contributed by atoms with Crippen LogP contribution in [0.25, 0.3) is 23.0 Å². The molecule has 3 aromatic heterocycles. The summed E-state index contributed by atoms with van der Waals surface area (Å²) in [7, 11) is 0. The fourth-order valence-corrected chi connectivity index (χ4v) is 2.37. The van der Waals surface area contributed by atoms with E-state index in [0.717, 1.165) is 6.42 Å². The molecule has 0 atom stereocenters. The van der Waals surface area contributed by atoms with Crippen molar-refractivity contribution in [1.82, 2.24) is 30.4 Å². The van der Waals surface area contributed by atoms with E-state index in [-0.39, 0.29) is 10.8 Å². The molecule has 0 aliphatic heterocycles. The van der Waals surface area contributed by atoms with E-state index in [1.807, 2.05) is 44.3 Å². The fourth-order valence-electron chi connectivity index (χ4n) is 2.37. The molecule has 0 bridgehead atoms. The predicted molar refractivity (Wildman–Crippen MR) is 112 cm³/mol. The molecule has 0 aliphatic carbocycles. The van der Waals surface area contributed by atoms with Crippen molar-refractivity contribution in [3.05, 3.63) is 48.3 Å². The van der Waals surface area contributed by atoms with Crippen molar-refractivity contribution in [2.45, 2.75) is 54.9 Å². The number of aromatic nitrogens is 6. The second kappa shape index (κ2) is 8.95. The molecule has 0 radical (unpaired) electrons. The van der Waals surface area contributed by atoms with Gasteiger partial charge in [-0.1, -0.05) is 60.6 Å². The minimum atomic E-state index is 0.167. The van der Waals surface area contributed by atoms with Gasteiger partial charge in [-0.05, 0) is 41.0 Å². The summed E-state index contributed by atoms with van der Waals surface area (Å²) in [6, 6.07) is 9.53. The molecule has 148 valence electrons. The van der Waals surface area contributed by atoms with E-state index < -0.39 is 0 Å². The average molecular weight is 379 g/mol. The van der Waals surface area contributed by atoms with Crippen LogP contribution in [0, 0.1) is 10.8 Å². The molecular weight excluding hydrogens is 348 g/mol. The highest BCUT2D eigenvalue weighted by Crippen LogP contribution is 2.40. The minimum absolute atomic E-state index is 0.167. The van der Waals surface area contributed by atoms with Gasteiger partial charge < -0.3 is 0 Å². The van der Waals surface area contributed by atoms with Crippen LogP contribution in [-0.2, 0) is 6.42 Å². The summed E-state index contributed by atoms with van der Waals surface area (Å²) in [5, 5.41) is 16.5. The Morgan fingerprint density at radius 3 is 1.71 bits per heavy atom. The van der Waals surface area contributed by atoms with E-state index in [1.54, 1.807) is 6.20 Å². The Labute approximate surface area is 167 Å². The van der Waals surface area contributed by atoms with Crippen molar-refractivity contribution in [3.63, 3.8) is 0 Å². The van der Waals surface area contributed by atoms with Gasteiger partial charge >= 0.3 is 0 Å². The van der Waals surface area contributed by atoms with Gasteiger partial charge in [-0.15, -0.1) is 20.4 Å². The van der Waals surface area contributed by atoms with E-state index in [2.05, 4.69) is 71.0 Å². The van der Waals surface area contributed by atoms with E-state index in [4.69, 9.17) is 0 Å². The first-order valence-electron chi connectivity index (χ1n) is 9.70. The lowest BCUT2D eigenvalue weighted by atomic mass is 9.66. The Balaban J connectivity index is 0.00000136. The molecule has 0 saturated heterocycles. The van der Waals surface area contributed by atoms with Crippen molar-refractivity contribution in [2.24, 2.45) is 10.8 Å². The summed E-state index contributed by atoms with van der Waals surface area (Å²) in [6.07, 6.45) is 4.53. The summed E-state index contributed by atoms with van der Waals surface area (Å²) in [5.41, 5.74) is 2.88. The summed E-state index contributed by atoms with van der Waals surface area (Å²) < 4.78 is 0. The Kier molecular flexibility index (Phi) is 6.89. The Hall–Kier alpha value is -2.76. The molecule has 0 amide bonds. The first kappa shape index (κ1) is 21.5. The van der Waals surface area contributed by atoms with Crippen LogP contribution in [0.1, 0.15) is 54.0 Å². The second-order valence-corrected chi connectivity index (χ2v) is 8.12. The average Bonchev–Trinajstić information content (AvgIpc) is 2.70. The van der Waals surface area contributed by atoms with E-state index in [1.165, 1.54) is 5.56 Å². The first-order chi connectivity index (χ1) is 13.3. The topological polar surface area (TPSA) is 77.3 Å². The first-order valence-corrected chi connectivity index (χ1v) is 9.70. The molecule has 0 spiro atoms. The minimum Gasteiger partial charge on any atom is -0.253 e. The normalized spacial score (nSPS) is 11.5. The van der Waals surface area contributed by atoms with E-state index in [9.17, 15) is 0 Å². The quantitative estimate of drug-likeness (QED) is 0.633. The molecule has 6 heteroatoms. The molecule has 3 heterocycles. The molecule has 0 fully saturated rings. The number of pyridine rings is 2. The van der Waals surface area contributed by atoms with Crippen LogP contribution >= 0.6 is 0 Å². The number of rotatable bonds is 4. The zero-order valence-electron chi connectivity index (χ0n) is 17.9.